The van der Waals surface area contributed by atoms with Gasteiger partial charge in [0, 0.05) is 4.88 Å². The first-order valence-electron chi connectivity index (χ1n) is 5.26. The summed E-state index contributed by atoms with van der Waals surface area (Å²) in [5, 5.41) is 2.58. The highest BCUT2D eigenvalue weighted by molar-refractivity contribution is 7.71. The van der Waals surface area contributed by atoms with E-state index in [0.29, 0.717) is 16.7 Å². The van der Waals surface area contributed by atoms with Gasteiger partial charge in [-0.3, -0.25) is 9.36 Å². The molecule has 0 unspecified atom stereocenters. The Balaban J connectivity index is 2.20. The predicted molar refractivity (Wildman–Crippen MR) is 77.2 cm³/mol. The summed E-state index contributed by atoms with van der Waals surface area (Å²) in [6.07, 6.45) is 0. The largest absolute Gasteiger partial charge is 0.323 e. The SMILES string of the molecule is Cc1ncsc1Cn1c(=S)[nH]c2sccc2c1=O. The first-order chi connectivity index (χ1) is 8.66. The Kier molecular flexibility index (Phi) is 2.89. The molecule has 3 heterocycles. The minimum atomic E-state index is -0.0391. The van der Waals surface area contributed by atoms with E-state index in [4.69, 9.17) is 12.2 Å². The third kappa shape index (κ3) is 1.84. The van der Waals surface area contributed by atoms with Gasteiger partial charge in [0.05, 0.1) is 23.1 Å². The second-order valence-electron chi connectivity index (χ2n) is 3.85. The van der Waals surface area contributed by atoms with Gasteiger partial charge in [-0.1, -0.05) is 0 Å². The van der Waals surface area contributed by atoms with Crippen LogP contribution in [-0.4, -0.2) is 14.5 Å². The molecule has 0 aliphatic carbocycles. The van der Waals surface area contributed by atoms with Crippen LogP contribution in [0.25, 0.3) is 10.2 Å². The van der Waals surface area contributed by atoms with Crippen LogP contribution in [-0.2, 0) is 6.54 Å². The normalized spacial score (nSPS) is 11.2. The molecule has 3 aromatic rings. The minimum absolute atomic E-state index is 0.0391. The van der Waals surface area contributed by atoms with E-state index in [0.717, 1.165) is 15.4 Å². The van der Waals surface area contributed by atoms with Crippen LogP contribution in [0, 0.1) is 11.7 Å². The van der Waals surface area contributed by atoms with Crippen molar-refractivity contribution >= 4 is 45.1 Å². The Labute approximate surface area is 116 Å². The molecule has 3 rings (SSSR count). The number of aromatic amines is 1. The van der Waals surface area contributed by atoms with Crippen molar-refractivity contribution in [2.75, 3.05) is 0 Å². The Morgan fingerprint density at radius 3 is 3.06 bits per heavy atom. The molecule has 1 N–H and O–H groups in total. The molecular weight excluding hydrogens is 286 g/mol. The summed E-state index contributed by atoms with van der Waals surface area (Å²) in [7, 11) is 0. The standard InChI is InChI=1S/C11H9N3OS3/c1-6-8(18-5-12-6)4-14-10(15)7-2-3-17-9(7)13-11(14)16/h2-3,5H,4H2,1H3,(H,13,16). The van der Waals surface area contributed by atoms with Crippen molar-refractivity contribution in [2.45, 2.75) is 13.5 Å². The molecule has 0 atom stereocenters. The van der Waals surface area contributed by atoms with E-state index in [1.165, 1.54) is 11.3 Å². The van der Waals surface area contributed by atoms with Crippen molar-refractivity contribution in [2.24, 2.45) is 0 Å². The van der Waals surface area contributed by atoms with Crippen LogP contribution >= 0.6 is 34.9 Å². The lowest BCUT2D eigenvalue weighted by molar-refractivity contribution is 0.739. The average Bonchev–Trinajstić information content (AvgIpc) is 2.94. The molecule has 0 radical (unpaired) electrons. The summed E-state index contributed by atoms with van der Waals surface area (Å²) in [6, 6.07) is 1.82. The molecular formula is C11H9N3OS3. The van der Waals surface area contributed by atoms with Crippen molar-refractivity contribution in [1.82, 2.24) is 14.5 Å². The van der Waals surface area contributed by atoms with Gasteiger partial charge in [-0.15, -0.1) is 22.7 Å². The fraction of sp³-hybridized carbons (Fsp3) is 0.182. The van der Waals surface area contributed by atoms with E-state index in [-0.39, 0.29) is 5.56 Å². The van der Waals surface area contributed by atoms with E-state index in [1.807, 2.05) is 18.4 Å². The van der Waals surface area contributed by atoms with Gasteiger partial charge in [-0.2, -0.15) is 0 Å². The van der Waals surface area contributed by atoms with Crippen LogP contribution in [0.3, 0.4) is 0 Å². The average molecular weight is 295 g/mol. The molecule has 0 aliphatic rings. The summed E-state index contributed by atoms with van der Waals surface area (Å²) >= 11 is 8.28. The minimum Gasteiger partial charge on any atom is -0.323 e. The van der Waals surface area contributed by atoms with Gasteiger partial charge < -0.3 is 4.98 Å². The number of thiazole rings is 1. The number of nitrogens with zero attached hydrogens (tertiary/aromatic N) is 2. The summed E-state index contributed by atoms with van der Waals surface area (Å²) in [4.78, 5) is 21.5. The molecule has 7 heteroatoms. The van der Waals surface area contributed by atoms with Crippen molar-refractivity contribution in [3.8, 4) is 0 Å². The van der Waals surface area contributed by atoms with Crippen molar-refractivity contribution in [3.63, 3.8) is 0 Å². The number of hydrogen-bond donors (Lipinski definition) is 1. The molecule has 4 nitrogen and oxygen atoms in total. The first-order valence-corrected chi connectivity index (χ1v) is 7.43. The van der Waals surface area contributed by atoms with Gasteiger partial charge in [0.2, 0.25) is 0 Å². The van der Waals surface area contributed by atoms with Gasteiger partial charge in [0.15, 0.2) is 4.77 Å². The van der Waals surface area contributed by atoms with Gasteiger partial charge >= 0.3 is 0 Å². The smallest absolute Gasteiger partial charge is 0.263 e. The maximum absolute atomic E-state index is 12.3. The number of aromatic nitrogens is 3. The highest BCUT2D eigenvalue weighted by Crippen LogP contribution is 2.16. The van der Waals surface area contributed by atoms with Crippen molar-refractivity contribution in [1.29, 1.82) is 0 Å². The monoisotopic (exact) mass is 295 g/mol. The van der Waals surface area contributed by atoms with E-state index in [1.54, 1.807) is 21.4 Å². The number of aryl methyl sites for hydroxylation is 1. The van der Waals surface area contributed by atoms with Gasteiger partial charge in [-0.25, -0.2) is 4.98 Å². The Morgan fingerprint density at radius 1 is 1.50 bits per heavy atom. The third-order valence-corrected chi connectivity index (χ3v) is 4.83. The van der Waals surface area contributed by atoms with Crippen molar-refractivity contribution < 1.29 is 0 Å². The fourth-order valence-corrected chi connectivity index (χ4v) is 3.60. The molecule has 0 spiro atoms. The molecule has 18 heavy (non-hydrogen) atoms. The van der Waals surface area contributed by atoms with E-state index in [9.17, 15) is 4.79 Å². The number of hydrogen-bond acceptors (Lipinski definition) is 5. The molecule has 92 valence electrons. The van der Waals surface area contributed by atoms with Crippen LogP contribution in [0.5, 0.6) is 0 Å². The molecule has 0 saturated heterocycles. The number of fused-ring (bicyclic) bond motifs is 1. The van der Waals surface area contributed by atoms with E-state index < -0.39 is 0 Å². The van der Waals surface area contributed by atoms with Gasteiger partial charge in [-0.05, 0) is 30.6 Å². The maximum Gasteiger partial charge on any atom is 0.263 e. The molecule has 0 amide bonds. The zero-order valence-corrected chi connectivity index (χ0v) is 11.9. The molecule has 3 aromatic heterocycles. The maximum atomic E-state index is 12.3. The number of nitrogens with one attached hydrogen (secondary N) is 1. The highest BCUT2D eigenvalue weighted by atomic mass is 32.1. The zero-order chi connectivity index (χ0) is 12.7. The quantitative estimate of drug-likeness (QED) is 0.740. The number of rotatable bonds is 2. The van der Waals surface area contributed by atoms with Crippen LogP contribution < -0.4 is 5.56 Å². The van der Waals surface area contributed by atoms with Gasteiger partial charge in [0.25, 0.3) is 5.56 Å². The third-order valence-electron chi connectivity index (χ3n) is 2.75. The van der Waals surface area contributed by atoms with Crippen LogP contribution in [0.1, 0.15) is 10.6 Å². The molecule has 0 fully saturated rings. The Hall–Kier alpha value is -1.31. The van der Waals surface area contributed by atoms with Crippen LogP contribution in [0.15, 0.2) is 21.8 Å². The Bertz CT molecular complexity index is 824. The Morgan fingerprint density at radius 2 is 2.33 bits per heavy atom. The van der Waals surface area contributed by atoms with E-state index in [2.05, 4.69) is 9.97 Å². The molecule has 0 aliphatic heterocycles. The van der Waals surface area contributed by atoms with Gasteiger partial charge in [0.1, 0.15) is 4.83 Å². The summed E-state index contributed by atoms with van der Waals surface area (Å²) in [6.45, 7) is 2.42. The zero-order valence-electron chi connectivity index (χ0n) is 9.47. The topological polar surface area (TPSA) is 50.7 Å². The number of thiophene rings is 1. The molecule has 0 saturated carbocycles. The fourth-order valence-electron chi connectivity index (χ4n) is 1.74. The predicted octanol–water partition coefficient (Wildman–Crippen LogP) is 2.93. The molecule has 0 aromatic carbocycles. The lowest BCUT2D eigenvalue weighted by Gasteiger charge is -2.05. The second kappa shape index (κ2) is 4.42. The summed E-state index contributed by atoms with van der Waals surface area (Å²) in [5.41, 5.74) is 2.69. The van der Waals surface area contributed by atoms with Crippen LogP contribution in [0.4, 0.5) is 0 Å². The molecule has 0 bridgehead atoms. The number of H-pyrrole nitrogens is 1. The summed E-state index contributed by atoms with van der Waals surface area (Å²) in [5.74, 6) is 0. The first kappa shape index (κ1) is 11.8. The lowest BCUT2D eigenvalue weighted by Crippen LogP contribution is -2.22. The highest BCUT2D eigenvalue weighted by Gasteiger charge is 2.09. The lowest BCUT2D eigenvalue weighted by atomic mass is 10.3. The van der Waals surface area contributed by atoms with Crippen LogP contribution in [0.2, 0.25) is 0 Å². The van der Waals surface area contributed by atoms with E-state index >= 15 is 0 Å². The van der Waals surface area contributed by atoms with Crippen molar-refractivity contribution in [3.05, 3.63) is 42.7 Å². The second-order valence-corrected chi connectivity index (χ2v) is 6.09. The summed E-state index contributed by atoms with van der Waals surface area (Å²) < 4.78 is 2.05.